The highest BCUT2D eigenvalue weighted by atomic mass is 28.4. The van der Waals surface area contributed by atoms with Crippen LogP contribution in [0, 0.1) is 23.7 Å². The lowest BCUT2D eigenvalue weighted by Gasteiger charge is -2.41. The quantitative estimate of drug-likeness (QED) is 0.697. The van der Waals surface area contributed by atoms with Gasteiger partial charge < -0.3 is 9.33 Å². The molecule has 3 rings (SSSR count). The maximum Gasteiger partial charge on any atom is 0.226 e. The molecule has 0 aromatic carbocycles. The second kappa shape index (κ2) is 7.18. The third-order valence-corrected chi connectivity index (χ3v) is 11.5. The third-order valence-electron chi connectivity index (χ3n) is 6.99. The molecule has 2 aliphatic rings. The molecule has 6 heteroatoms. The lowest BCUT2D eigenvalue weighted by molar-refractivity contribution is 0.149. The molecule has 1 saturated carbocycles. The predicted octanol–water partition coefficient (Wildman–Crippen LogP) is 4.82. The van der Waals surface area contributed by atoms with Crippen LogP contribution >= 0.6 is 0 Å². The van der Waals surface area contributed by atoms with Crippen molar-refractivity contribution in [2.45, 2.75) is 84.0 Å². The zero-order chi connectivity index (χ0) is 19.9. The van der Waals surface area contributed by atoms with Gasteiger partial charge in [-0.25, -0.2) is 9.97 Å². The van der Waals surface area contributed by atoms with Crippen molar-refractivity contribution in [2.24, 2.45) is 5.41 Å². The molecule has 1 spiro atoms. The molecule has 5 nitrogen and oxygen atoms in total. The summed E-state index contributed by atoms with van der Waals surface area (Å²) in [6.45, 7) is 15.6. The Labute approximate surface area is 165 Å². The smallest absolute Gasteiger partial charge is 0.226 e. The van der Waals surface area contributed by atoms with Gasteiger partial charge in [0, 0.05) is 24.9 Å². The van der Waals surface area contributed by atoms with Crippen LogP contribution in [0.3, 0.4) is 0 Å². The van der Waals surface area contributed by atoms with Gasteiger partial charge in [-0.15, -0.1) is 0 Å². The van der Waals surface area contributed by atoms with Crippen LogP contribution in [-0.4, -0.2) is 37.5 Å². The Morgan fingerprint density at radius 1 is 1.22 bits per heavy atom. The Morgan fingerprint density at radius 2 is 1.89 bits per heavy atom. The van der Waals surface area contributed by atoms with Gasteiger partial charge in [-0.05, 0) is 68.6 Å². The Bertz CT molecular complexity index is 727. The fourth-order valence-electron chi connectivity index (χ4n) is 4.24. The molecule has 1 aromatic heterocycles. The molecular formula is C21H34N4OSi. The van der Waals surface area contributed by atoms with E-state index < -0.39 is 8.32 Å². The minimum Gasteiger partial charge on any atom is -0.414 e. The van der Waals surface area contributed by atoms with Crippen LogP contribution in [0.15, 0.2) is 6.07 Å². The molecule has 27 heavy (non-hydrogen) atoms. The molecular weight excluding hydrogens is 352 g/mol. The standard InChI is InChI=1S/C21H34N4OSi/c1-16-13-17(15-22)24-19(23-16)25-11-9-21(10-12-25)8-7-18(14-21)26-27(5,6)20(2,3)4/h13,18H,7-12,14H2,1-6H3. The number of rotatable bonds is 3. The van der Waals surface area contributed by atoms with E-state index in [1.807, 2.05) is 6.92 Å². The molecule has 0 radical (unpaired) electrons. The Balaban J connectivity index is 1.61. The number of hydrogen-bond acceptors (Lipinski definition) is 5. The summed E-state index contributed by atoms with van der Waals surface area (Å²) in [5.74, 6) is 0.716. The highest BCUT2D eigenvalue weighted by Gasteiger charge is 2.46. The SMILES string of the molecule is Cc1cc(C#N)nc(N2CCC3(CCC(O[Si](C)(C)C(C)(C)C)C3)CC2)n1. The van der Waals surface area contributed by atoms with Crippen molar-refractivity contribution in [2.75, 3.05) is 18.0 Å². The van der Waals surface area contributed by atoms with Crippen LogP contribution in [0.25, 0.3) is 0 Å². The molecule has 1 aliphatic heterocycles. The van der Waals surface area contributed by atoms with Gasteiger partial charge in [-0.2, -0.15) is 5.26 Å². The molecule has 2 heterocycles. The average molecular weight is 387 g/mol. The van der Waals surface area contributed by atoms with Crippen molar-refractivity contribution in [3.63, 3.8) is 0 Å². The monoisotopic (exact) mass is 386 g/mol. The summed E-state index contributed by atoms with van der Waals surface area (Å²) < 4.78 is 6.71. The fraction of sp³-hybridized carbons (Fsp3) is 0.762. The van der Waals surface area contributed by atoms with E-state index in [4.69, 9.17) is 9.69 Å². The first kappa shape index (κ1) is 20.3. The Kier molecular flexibility index (Phi) is 5.39. The number of piperidine rings is 1. The molecule has 1 atom stereocenters. The van der Waals surface area contributed by atoms with E-state index in [9.17, 15) is 0 Å². The van der Waals surface area contributed by atoms with Crippen LogP contribution < -0.4 is 4.90 Å². The highest BCUT2D eigenvalue weighted by Crippen LogP contribution is 2.49. The van der Waals surface area contributed by atoms with Crippen molar-refractivity contribution in [3.05, 3.63) is 17.5 Å². The van der Waals surface area contributed by atoms with Gasteiger partial charge in [0.2, 0.25) is 5.95 Å². The summed E-state index contributed by atoms with van der Waals surface area (Å²) in [7, 11) is -1.69. The second-order valence-corrected chi connectivity index (χ2v) is 14.8. The van der Waals surface area contributed by atoms with Gasteiger partial charge in [0.1, 0.15) is 11.8 Å². The van der Waals surface area contributed by atoms with E-state index >= 15 is 0 Å². The first-order valence-corrected chi connectivity index (χ1v) is 13.1. The molecule has 0 amide bonds. The van der Waals surface area contributed by atoms with E-state index in [1.54, 1.807) is 6.07 Å². The largest absolute Gasteiger partial charge is 0.414 e. The normalized spacial score (nSPS) is 22.9. The maximum atomic E-state index is 9.16. The summed E-state index contributed by atoms with van der Waals surface area (Å²) in [5.41, 5.74) is 1.74. The lowest BCUT2D eigenvalue weighted by atomic mass is 9.77. The minimum absolute atomic E-state index is 0.271. The number of nitriles is 1. The Hall–Kier alpha value is -1.45. The van der Waals surface area contributed by atoms with Crippen LogP contribution in [0.5, 0.6) is 0 Å². The van der Waals surface area contributed by atoms with Crippen molar-refractivity contribution < 1.29 is 4.43 Å². The van der Waals surface area contributed by atoms with Gasteiger partial charge in [-0.3, -0.25) is 0 Å². The van der Waals surface area contributed by atoms with Crippen molar-refractivity contribution >= 4 is 14.3 Å². The first-order chi connectivity index (χ1) is 12.5. The van der Waals surface area contributed by atoms with Crippen molar-refractivity contribution in [1.82, 2.24) is 9.97 Å². The maximum absolute atomic E-state index is 9.16. The molecule has 0 bridgehead atoms. The van der Waals surface area contributed by atoms with E-state index in [2.05, 4.69) is 54.8 Å². The van der Waals surface area contributed by atoms with Crippen LogP contribution in [-0.2, 0) is 4.43 Å². The summed E-state index contributed by atoms with van der Waals surface area (Å²) >= 11 is 0. The third kappa shape index (κ3) is 4.35. The van der Waals surface area contributed by atoms with E-state index in [0.29, 0.717) is 23.2 Å². The van der Waals surface area contributed by atoms with Crippen molar-refractivity contribution in [1.29, 1.82) is 5.26 Å². The van der Waals surface area contributed by atoms with Crippen molar-refractivity contribution in [3.8, 4) is 6.07 Å². The van der Waals surface area contributed by atoms with E-state index in [0.717, 1.165) is 18.8 Å². The van der Waals surface area contributed by atoms with E-state index in [-0.39, 0.29) is 5.04 Å². The Morgan fingerprint density at radius 3 is 2.48 bits per heavy atom. The van der Waals surface area contributed by atoms with Gasteiger partial charge in [0.25, 0.3) is 0 Å². The lowest BCUT2D eigenvalue weighted by Crippen LogP contribution is -2.44. The summed E-state index contributed by atoms with van der Waals surface area (Å²) in [4.78, 5) is 11.2. The van der Waals surface area contributed by atoms with Gasteiger partial charge in [-0.1, -0.05) is 20.8 Å². The number of nitrogens with zero attached hydrogens (tertiary/aromatic N) is 4. The summed E-state index contributed by atoms with van der Waals surface area (Å²) in [5, 5.41) is 9.43. The van der Waals surface area contributed by atoms with Crippen LogP contribution in [0.1, 0.15) is 64.3 Å². The number of aryl methyl sites for hydroxylation is 1. The topological polar surface area (TPSA) is 62.0 Å². The van der Waals surface area contributed by atoms with Gasteiger partial charge in [0.05, 0.1) is 0 Å². The molecule has 1 aromatic rings. The average Bonchev–Trinajstić information content (AvgIpc) is 2.95. The first-order valence-electron chi connectivity index (χ1n) is 10.2. The van der Waals surface area contributed by atoms with Gasteiger partial charge in [0.15, 0.2) is 8.32 Å². The second-order valence-electron chi connectivity index (χ2n) is 10.0. The number of anilines is 1. The molecule has 1 aliphatic carbocycles. The van der Waals surface area contributed by atoms with Crippen LogP contribution in [0.4, 0.5) is 5.95 Å². The van der Waals surface area contributed by atoms with Crippen LogP contribution in [0.2, 0.25) is 18.1 Å². The summed E-state index contributed by atoms with van der Waals surface area (Å²) in [6, 6.07) is 3.89. The molecule has 1 unspecified atom stereocenters. The molecule has 148 valence electrons. The highest BCUT2D eigenvalue weighted by molar-refractivity contribution is 6.74. The molecule has 2 fully saturated rings. The zero-order valence-electron chi connectivity index (χ0n) is 17.8. The number of aromatic nitrogens is 2. The van der Waals surface area contributed by atoms with E-state index in [1.165, 1.54) is 32.1 Å². The fourth-order valence-corrected chi connectivity index (χ4v) is 5.62. The molecule has 1 saturated heterocycles. The van der Waals surface area contributed by atoms with Gasteiger partial charge >= 0.3 is 0 Å². The molecule has 0 N–H and O–H groups in total. The zero-order valence-corrected chi connectivity index (χ0v) is 18.8. The minimum atomic E-state index is -1.69. The summed E-state index contributed by atoms with van der Waals surface area (Å²) in [6.07, 6.45) is 6.45. The number of hydrogen-bond donors (Lipinski definition) is 0. The predicted molar refractivity (Wildman–Crippen MR) is 111 cm³/mol.